The van der Waals surface area contributed by atoms with Crippen molar-refractivity contribution in [1.82, 2.24) is 20.2 Å². The minimum atomic E-state index is -0.868. The smallest absolute Gasteiger partial charge is 0.408 e. The number of Topliss-reactive ketones (excluding diaryl/α,β-unsaturated/α-hetero) is 1. The fourth-order valence-electron chi connectivity index (χ4n) is 6.73. The highest BCUT2D eigenvalue weighted by Gasteiger charge is 2.50. The lowest BCUT2D eigenvalue weighted by atomic mass is 9.85. The van der Waals surface area contributed by atoms with Crippen LogP contribution in [-0.2, 0) is 20.7 Å². The van der Waals surface area contributed by atoms with Crippen LogP contribution < -0.4 is 15.8 Å². The molecule has 0 spiro atoms. The number of aromatic nitrogens is 2. The molecule has 0 unspecified atom stereocenters. The van der Waals surface area contributed by atoms with E-state index in [1.54, 1.807) is 17.2 Å². The summed E-state index contributed by atoms with van der Waals surface area (Å²) in [5, 5.41) is 2.89. The van der Waals surface area contributed by atoms with Crippen LogP contribution in [0.1, 0.15) is 97.5 Å². The number of hydrogen-bond donors (Lipinski definition) is 2. The molecule has 10 heteroatoms. The van der Waals surface area contributed by atoms with Gasteiger partial charge in [-0.05, 0) is 75.5 Å². The lowest BCUT2D eigenvalue weighted by Gasteiger charge is -2.35. The average molecular weight is 570 g/mol. The molecule has 41 heavy (non-hydrogen) atoms. The highest BCUT2D eigenvalue weighted by molar-refractivity contribution is 5.92. The van der Waals surface area contributed by atoms with Crippen molar-refractivity contribution in [2.24, 2.45) is 23.0 Å². The lowest BCUT2D eigenvalue weighted by Crippen LogP contribution is -2.57. The molecular weight excluding hydrogens is 522 g/mol. The summed E-state index contributed by atoms with van der Waals surface area (Å²) in [6, 6.07) is -1.53. The van der Waals surface area contributed by atoms with Gasteiger partial charge in [0.15, 0.2) is 17.4 Å². The first-order valence-electron chi connectivity index (χ1n) is 15.2. The van der Waals surface area contributed by atoms with E-state index in [0.29, 0.717) is 30.3 Å². The Morgan fingerprint density at radius 3 is 2.56 bits per heavy atom. The van der Waals surface area contributed by atoms with Gasteiger partial charge in [0.25, 0.3) is 0 Å². The number of ether oxygens (including phenoxy) is 2. The predicted molar refractivity (Wildman–Crippen MR) is 156 cm³/mol. The summed E-state index contributed by atoms with van der Waals surface area (Å²) >= 11 is 0. The van der Waals surface area contributed by atoms with Crippen LogP contribution in [0.5, 0.6) is 5.75 Å². The molecule has 2 fully saturated rings. The van der Waals surface area contributed by atoms with E-state index in [4.69, 9.17) is 20.2 Å². The Balaban J connectivity index is 1.71. The summed E-state index contributed by atoms with van der Waals surface area (Å²) in [7, 11) is 0. The fourth-order valence-corrected chi connectivity index (χ4v) is 6.73. The van der Waals surface area contributed by atoms with Crippen molar-refractivity contribution in [2.45, 2.75) is 117 Å². The number of alkyl carbamates (subject to hydrolysis) is 1. The van der Waals surface area contributed by atoms with Crippen LogP contribution in [0, 0.1) is 17.3 Å². The van der Waals surface area contributed by atoms with Gasteiger partial charge in [-0.1, -0.05) is 40.5 Å². The van der Waals surface area contributed by atoms with Crippen molar-refractivity contribution in [3.8, 4) is 5.75 Å². The van der Waals surface area contributed by atoms with E-state index in [-0.39, 0.29) is 30.3 Å². The Morgan fingerprint density at radius 2 is 1.88 bits per heavy atom. The Kier molecular flexibility index (Phi) is 9.92. The van der Waals surface area contributed by atoms with Gasteiger partial charge in [-0.3, -0.25) is 9.59 Å². The monoisotopic (exact) mass is 569 g/mol. The van der Waals surface area contributed by atoms with Crippen molar-refractivity contribution >= 4 is 23.9 Å². The quantitative estimate of drug-likeness (QED) is 0.546. The van der Waals surface area contributed by atoms with Crippen LogP contribution in [0.4, 0.5) is 4.79 Å². The molecule has 2 aliphatic heterocycles. The molecular formula is C31H47N5O5. The summed E-state index contributed by atoms with van der Waals surface area (Å²) in [6.07, 6.45) is 11.8. The number of rotatable bonds is 3. The molecule has 3 N–H and O–H groups in total. The molecule has 6 atom stereocenters. The van der Waals surface area contributed by atoms with Crippen molar-refractivity contribution in [3.63, 3.8) is 0 Å². The molecule has 3 aliphatic rings. The van der Waals surface area contributed by atoms with E-state index in [2.05, 4.69) is 10.3 Å². The normalized spacial score (nSPS) is 30.0. The number of fused-ring (bicyclic) bond motifs is 4. The molecule has 0 radical (unpaired) electrons. The van der Waals surface area contributed by atoms with E-state index in [9.17, 15) is 14.4 Å². The number of carbonyl (C=O) groups excluding carboxylic acids is 3. The molecule has 2 amide bonds. The molecule has 3 heterocycles. The number of nitrogens with one attached hydrogen (secondary N) is 1. The summed E-state index contributed by atoms with van der Waals surface area (Å²) in [4.78, 5) is 51.1. The number of carbonyl (C=O) groups is 3. The Hall–Kier alpha value is -3.17. The summed E-state index contributed by atoms with van der Waals surface area (Å²) in [5.74, 6) is 0.777. The first-order chi connectivity index (χ1) is 19.5. The molecule has 1 aromatic rings. The number of nitrogens with two attached hydrogens (primary N) is 1. The SMILES string of the molecule is CC[C@@H]1[C@@H]2CN(C(=O)[C@H](C(C)(C)C)NC(=O)O[C@@H]3CCC[C@H]3CCCCCc3nc(C=CN)ncc3O2)[C@@H]1C(C)=O. The van der Waals surface area contributed by atoms with Crippen LogP contribution in [0.25, 0.3) is 6.08 Å². The van der Waals surface area contributed by atoms with Gasteiger partial charge in [0.05, 0.1) is 24.5 Å². The average Bonchev–Trinajstić information content (AvgIpc) is 3.51. The van der Waals surface area contributed by atoms with Crippen LogP contribution >= 0.6 is 0 Å². The van der Waals surface area contributed by atoms with E-state index in [1.807, 2.05) is 27.7 Å². The third-order valence-corrected chi connectivity index (χ3v) is 8.85. The first kappa shape index (κ1) is 30.8. The van der Waals surface area contributed by atoms with Crippen LogP contribution in [0.3, 0.4) is 0 Å². The van der Waals surface area contributed by atoms with Crippen molar-refractivity contribution in [2.75, 3.05) is 6.54 Å². The minimum absolute atomic E-state index is 0.105. The highest BCUT2D eigenvalue weighted by Crippen LogP contribution is 2.36. The molecule has 2 bridgehead atoms. The van der Waals surface area contributed by atoms with Gasteiger partial charge in [0, 0.05) is 5.92 Å². The third kappa shape index (κ3) is 7.19. The van der Waals surface area contributed by atoms with Crippen LogP contribution in [-0.4, -0.2) is 63.5 Å². The van der Waals surface area contributed by atoms with Gasteiger partial charge >= 0.3 is 6.09 Å². The molecule has 4 rings (SSSR count). The standard InChI is InChI=1S/C31H47N5O5/c1-6-21-25-18-36(27(21)19(2)37)29(38)28(31(3,4)5)35-30(39)41-23-14-10-12-20(23)11-8-7-9-13-22-24(40-25)17-33-26(34-22)15-16-32/h15-17,20-21,23,25,27-28H,6-14,18,32H2,1-5H3,(H,35,39)/t20-,21-,23-,25+,27-,28-/m1/s1. The molecule has 1 aliphatic carbocycles. The second kappa shape index (κ2) is 13.2. The van der Waals surface area contributed by atoms with Gasteiger partial charge in [-0.15, -0.1) is 0 Å². The summed E-state index contributed by atoms with van der Waals surface area (Å²) < 4.78 is 12.5. The Bertz CT molecular complexity index is 1130. The summed E-state index contributed by atoms with van der Waals surface area (Å²) in [6.45, 7) is 9.46. The second-order valence-corrected chi connectivity index (χ2v) is 12.9. The number of amides is 2. The van der Waals surface area contributed by atoms with Crippen LogP contribution in [0.15, 0.2) is 12.4 Å². The predicted octanol–water partition coefficient (Wildman–Crippen LogP) is 4.41. The molecule has 1 saturated heterocycles. The molecule has 226 valence electrons. The molecule has 0 aromatic carbocycles. The number of aryl methyl sites for hydroxylation is 1. The van der Waals surface area contributed by atoms with E-state index < -0.39 is 29.7 Å². The number of ketones is 1. The van der Waals surface area contributed by atoms with Gasteiger partial charge in [-0.25, -0.2) is 14.8 Å². The minimum Gasteiger partial charge on any atom is -0.485 e. The maximum atomic E-state index is 14.2. The number of nitrogens with zero attached hydrogens (tertiary/aromatic N) is 3. The molecule has 1 saturated carbocycles. The van der Waals surface area contributed by atoms with Gasteiger partial charge in [-0.2, -0.15) is 0 Å². The highest BCUT2D eigenvalue weighted by atomic mass is 16.6. The zero-order valence-corrected chi connectivity index (χ0v) is 25.2. The largest absolute Gasteiger partial charge is 0.485 e. The Morgan fingerprint density at radius 1 is 1.12 bits per heavy atom. The second-order valence-electron chi connectivity index (χ2n) is 12.9. The van der Waals surface area contributed by atoms with Gasteiger partial charge in [0.2, 0.25) is 5.91 Å². The van der Waals surface area contributed by atoms with Crippen molar-refractivity contribution < 1.29 is 23.9 Å². The number of hydrogen-bond acceptors (Lipinski definition) is 8. The zero-order valence-electron chi connectivity index (χ0n) is 25.2. The van der Waals surface area contributed by atoms with Crippen LogP contribution in [0.2, 0.25) is 0 Å². The van der Waals surface area contributed by atoms with Crippen molar-refractivity contribution in [1.29, 1.82) is 0 Å². The Labute approximate surface area is 243 Å². The zero-order chi connectivity index (χ0) is 29.7. The van der Waals surface area contributed by atoms with Gasteiger partial charge < -0.3 is 25.4 Å². The fraction of sp³-hybridized carbons (Fsp3) is 0.710. The van der Waals surface area contributed by atoms with Gasteiger partial charge in [0.1, 0.15) is 18.2 Å². The van der Waals surface area contributed by atoms with Crippen molar-refractivity contribution in [3.05, 3.63) is 23.9 Å². The topological polar surface area (TPSA) is 137 Å². The van der Waals surface area contributed by atoms with E-state index >= 15 is 0 Å². The van der Waals surface area contributed by atoms with E-state index in [1.165, 1.54) is 13.1 Å². The third-order valence-electron chi connectivity index (χ3n) is 8.85. The molecule has 1 aromatic heterocycles. The molecule has 10 nitrogen and oxygen atoms in total. The summed E-state index contributed by atoms with van der Waals surface area (Å²) in [5.41, 5.74) is 5.79. The maximum absolute atomic E-state index is 14.2. The van der Waals surface area contributed by atoms with E-state index in [0.717, 1.165) is 50.6 Å². The lowest BCUT2D eigenvalue weighted by molar-refractivity contribution is -0.141. The maximum Gasteiger partial charge on any atom is 0.408 e. The first-order valence-corrected chi connectivity index (χ1v) is 15.2.